The molecule has 1 amide bonds. The van der Waals surface area contributed by atoms with Gasteiger partial charge in [0.05, 0.1) is 11.6 Å². The van der Waals surface area contributed by atoms with Gasteiger partial charge in [0.2, 0.25) is 0 Å². The normalized spacial score (nSPS) is 20.9. The van der Waals surface area contributed by atoms with Crippen molar-refractivity contribution in [2.45, 2.75) is 45.7 Å². The first kappa shape index (κ1) is 26.6. The minimum absolute atomic E-state index is 0.0900. The third kappa shape index (κ3) is 5.15. The highest BCUT2D eigenvalue weighted by Gasteiger charge is 2.52. The highest BCUT2D eigenvalue weighted by atomic mass is 35.5. The van der Waals surface area contributed by atoms with Crippen molar-refractivity contribution < 1.29 is 4.79 Å². The van der Waals surface area contributed by atoms with Crippen LogP contribution in [-0.4, -0.2) is 48.9 Å². The quantitative estimate of drug-likeness (QED) is 0.473. The number of carbonyl (C=O) groups excluding carboxylic acids is 1. The standard InChI is InChI=1S/C28H37Cl2N3O/c1-19(2)25(31-26(34)21-8-12-23(29)13-9-21)20(3)33-17-16-28(32(6)7,27(4,5)18-33)22-10-14-24(30)15-11-22/h8-15,19,25H,3,16-18H2,1-2,4-7H3,(H,31,34)/t25-,28+/m1/s1. The zero-order valence-electron chi connectivity index (χ0n) is 21.2. The van der Waals surface area contributed by atoms with Crippen molar-refractivity contribution in [3.63, 3.8) is 0 Å². The SMILES string of the molecule is C=C([C@H](NC(=O)c1ccc(Cl)cc1)C(C)C)N1CC[C@@](c2ccc(Cl)cc2)(N(C)C)C(C)(C)C1. The average Bonchev–Trinajstić information content (AvgIpc) is 2.77. The first-order valence-electron chi connectivity index (χ1n) is 11.8. The van der Waals surface area contributed by atoms with E-state index in [1.165, 1.54) is 5.56 Å². The van der Waals surface area contributed by atoms with Crippen LogP contribution in [0.1, 0.15) is 50.0 Å². The van der Waals surface area contributed by atoms with Crippen LogP contribution < -0.4 is 5.32 Å². The van der Waals surface area contributed by atoms with Gasteiger partial charge in [-0.25, -0.2) is 0 Å². The number of halogens is 2. The fourth-order valence-corrected chi connectivity index (χ4v) is 5.82. The summed E-state index contributed by atoms with van der Waals surface area (Å²) in [6.45, 7) is 15.0. The van der Waals surface area contributed by atoms with E-state index in [1.807, 2.05) is 12.1 Å². The van der Waals surface area contributed by atoms with Gasteiger partial charge in [0.25, 0.3) is 5.91 Å². The summed E-state index contributed by atoms with van der Waals surface area (Å²) < 4.78 is 0. The van der Waals surface area contributed by atoms with Crippen molar-refractivity contribution >= 4 is 29.1 Å². The van der Waals surface area contributed by atoms with Gasteiger partial charge < -0.3 is 10.2 Å². The minimum Gasteiger partial charge on any atom is -0.373 e. The lowest BCUT2D eigenvalue weighted by Crippen LogP contribution is -2.62. The van der Waals surface area contributed by atoms with Gasteiger partial charge in [-0.3, -0.25) is 9.69 Å². The Morgan fingerprint density at radius 3 is 2.03 bits per heavy atom. The minimum atomic E-state index is -0.165. The maximum Gasteiger partial charge on any atom is 0.251 e. The molecule has 0 spiro atoms. The summed E-state index contributed by atoms with van der Waals surface area (Å²) in [6.07, 6.45) is 0.934. The number of nitrogens with one attached hydrogen (secondary N) is 1. The largest absolute Gasteiger partial charge is 0.373 e. The van der Waals surface area contributed by atoms with Crippen LogP contribution in [-0.2, 0) is 5.54 Å². The fraction of sp³-hybridized carbons (Fsp3) is 0.464. The summed E-state index contributed by atoms with van der Waals surface area (Å²) in [7, 11) is 4.31. The molecule has 2 aromatic carbocycles. The third-order valence-corrected chi connectivity index (χ3v) is 7.86. The van der Waals surface area contributed by atoms with Crippen LogP contribution in [0.4, 0.5) is 0 Å². The molecular formula is C28H37Cl2N3O. The van der Waals surface area contributed by atoms with Crippen molar-refractivity contribution in [2.24, 2.45) is 11.3 Å². The van der Waals surface area contributed by atoms with Crippen molar-refractivity contribution in [1.82, 2.24) is 15.1 Å². The molecule has 0 radical (unpaired) electrons. The molecular weight excluding hydrogens is 465 g/mol. The Morgan fingerprint density at radius 2 is 1.56 bits per heavy atom. The summed E-state index contributed by atoms with van der Waals surface area (Å²) >= 11 is 12.2. The number of carbonyl (C=O) groups is 1. The highest BCUT2D eigenvalue weighted by Crippen LogP contribution is 2.50. The van der Waals surface area contributed by atoms with Crippen LogP contribution in [0.2, 0.25) is 10.0 Å². The number of piperidine rings is 1. The maximum atomic E-state index is 13.0. The molecule has 0 saturated carbocycles. The summed E-state index contributed by atoms with van der Waals surface area (Å²) in [5.41, 5.74) is 2.58. The van der Waals surface area contributed by atoms with E-state index in [1.54, 1.807) is 24.3 Å². The van der Waals surface area contributed by atoms with E-state index in [-0.39, 0.29) is 28.8 Å². The van der Waals surface area contributed by atoms with E-state index in [0.717, 1.165) is 30.2 Å². The predicted octanol–water partition coefficient (Wildman–Crippen LogP) is 6.45. The zero-order chi connectivity index (χ0) is 25.3. The van der Waals surface area contributed by atoms with Crippen LogP contribution in [0.25, 0.3) is 0 Å². The number of nitrogens with zero attached hydrogens (tertiary/aromatic N) is 2. The summed E-state index contributed by atoms with van der Waals surface area (Å²) in [5.74, 6) is 0.0836. The van der Waals surface area contributed by atoms with Crippen LogP contribution >= 0.6 is 23.2 Å². The van der Waals surface area contributed by atoms with Gasteiger partial charge in [-0.15, -0.1) is 0 Å². The second-order valence-corrected chi connectivity index (χ2v) is 11.4. The predicted molar refractivity (Wildman–Crippen MR) is 143 cm³/mol. The number of benzene rings is 2. The second-order valence-electron chi connectivity index (χ2n) is 10.5. The molecule has 6 heteroatoms. The molecule has 0 unspecified atom stereocenters. The van der Waals surface area contributed by atoms with Crippen molar-refractivity contribution in [3.8, 4) is 0 Å². The number of amides is 1. The molecule has 1 aliphatic heterocycles. The number of hydrogen-bond acceptors (Lipinski definition) is 3. The molecule has 4 nitrogen and oxygen atoms in total. The Hall–Kier alpha value is -2.01. The van der Waals surface area contributed by atoms with E-state index in [4.69, 9.17) is 23.2 Å². The molecule has 0 bridgehead atoms. The van der Waals surface area contributed by atoms with E-state index >= 15 is 0 Å². The van der Waals surface area contributed by atoms with E-state index in [0.29, 0.717) is 10.6 Å². The molecule has 1 fully saturated rings. The van der Waals surface area contributed by atoms with Crippen molar-refractivity contribution in [2.75, 3.05) is 27.2 Å². The van der Waals surface area contributed by atoms with Crippen LogP contribution in [0.15, 0.2) is 60.8 Å². The Kier molecular flexibility index (Phi) is 8.07. The second kappa shape index (κ2) is 10.3. The number of rotatable bonds is 7. The van der Waals surface area contributed by atoms with E-state index < -0.39 is 0 Å². The van der Waals surface area contributed by atoms with Crippen molar-refractivity contribution in [3.05, 3.63) is 82.0 Å². The average molecular weight is 503 g/mol. The molecule has 2 aromatic rings. The topological polar surface area (TPSA) is 35.6 Å². The number of hydrogen-bond donors (Lipinski definition) is 1. The zero-order valence-corrected chi connectivity index (χ0v) is 22.7. The molecule has 1 heterocycles. The first-order chi connectivity index (χ1) is 15.9. The van der Waals surface area contributed by atoms with Gasteiger partial charge in [0.15, 0.2) is 0 Å². The molecule has 1 N–H and O–H groups in total. The smallest absolute Gasteiger partial charge is 0.251 e. The Labute approximate surface area is 214 Å². The Balaban J connectivity index is 1.83. The molecule has 2 atom stereocenters. The summed E-state index contributed by atoms with van der Waals surface area (Å²) in [6, 6.07) is 15.1. The highest BCUT2D eigenvalue weighted by molar-refractivity contribution is 6.30. The summed E-state index contributed by atoms with van der Waals surface area (Å²) in [5, 5.41) is 4.57. The molecule has 3 rings (SSSR count). The van der Waals surface area contributed by atoms with Gasteiger partial charge in [-0.2, -0.15) is 0 Å². The Bertz CT molecular complexity index is 1010. The molecule has 184 valence electrons. The van der Waals surface area contributed by atoms with E-state index in [2.05, 4.69) is 75.6 Å². The van der Waals surface area contributed by atoms with Gasteiger partial charge in [0.1, 0.15) is 0 Å². The summed E-state index contributed by atoms with van der Waals surface area (Å²) in [4.78, 5) is 17.7. The maximum absolute atomic E-state index is 13.0. The van der Waals surface area contributed by atoms with Crippen LogP contribution in [0.5, 0.6) is 0 Å². The van der Waals surface area contributed by atoms with Gasteiger partial charge >= 0.3 is 0 Å². The van der Waals surface area contributed by atoms with Crippen LogP contribution in [0, 0.1) is 11.3 Å². The van der Waals surface area contributed by atoms with Gasteiger partial charge in [-0.05, 0) is 68.4 Å². The van der Waals surface area contributed by atoms with Gasteiger partial charge in [0, 0.05) is 39.8 Å². The Morgan fingerprint density at radius 1 is 1.03 bits per heavy atom. The van der Waals surface area contributed by atoms with Crippen LogP contribution in [0.3, 0.4) is 0 Å². The monoisotopic (exact) mass is 501 g/mol. The molecule has 0 aliphatic carbocycles. The van der Waals surface area contributed by atoms with Gasteiger partial charge in [-0.1, -0.05) is 69.6 Å². The third-order valence-electron chi connectivity index (χ3n) is 7.36. The lowest BCUT2D eigenvalue weighted by molar-refractivity contribution is -0.0525. The first-order valence-corrected chi connectivity index (χ1v) is 12.6. The molecule has 1 aliphatic rings. The lowest BCUT2D eigenvalue weighted by Gasteiger charge is -2.58. The molecule has 1 saturated heterocycles. The van der Waals surface area contributed by atoms with E-state index in [9.17, 15) is 4.79 Å². The molecule has 34 heavy (non-hydrogen) atoms. The van der Waals surface area contributed by atoms with Crippen molar-refractivity contribution in [1.29, 1.82) is 0 Å². The number of likely N-dealkylation sites (tertiary alicyclic amines) is 1. The fourth-order valence-electron chi connectivity index (χ4n) is 5.57. The lowest BCUT2D eigenvalue weighted by atomic mass is 9.63. The molecule has 0 aromatic heterocycles.